The molecule has 188 valence electrons. The highest BCUT2D eigenvalue weighted by Crippen LogP contribution is 2.33. The van der Waals surface area contributed by atoms with Crippen molar-refractivity contribution in [1.82, 2.24) is 8.87 Å². The zero-order chi connectivity index (χ0) is 25.3. The number of aromatic nitrogens is 1. The zero-order valence-corrected chi connectivity index (χ0v) is 23.1. The summed E-state index contributed by atoms with van der Waals surface area (Å²) in [5.41, 5.74) is 0.499. The predicted octanol–water partition coefficient (Wildman–Crippen LogP) is 4.82. The summed E-state index contributed by atoms with van der Waals surface area (Å²) in [5.74, 6) is -1.34. The molecule has 14 heteroatoms. The molecule has 0 aliphatic carbocycles. The lowest BCUT2D eigenvalue weighted by atomic mass is 9.98. The first-order valence-electron chi connectivity index (χ1n) is 10.6. The first kappa shape index (κ1) is 26.6. The second-order valence-corrected chi connectivity index (χ2v) is 13.3. The van der Waals surface area contributed by atoms with E-state index in [0.29, 0.717) is 37.4 Å². The lowest BCUT2D eigenvalue weighted by Gasteiger charge is -2.29. The van der Waals surface area contributed by atoms with Gasteiger partial charge in [0.05, 0.1) is 31.2 Å². The van der Waals surface area contributed by atoms with Crippen molar-refractivity contribution in [2.24, 2.45) is 10.9 Å². The first-order valence-corrected chi connectivity index (χ1v) is 14.8. The maximum Gasteiger partial charge on any atom is 0.326 e. The quantitative estimate of drug-likeness (QED) is 0.380. The van der Waals surface area contributed by atoms with Gasteiger partial charge in [0, 0.05) is 19.0 Å². The molecule has 0 bridgehead atoms. The molecule has 0 atom stereocenters. The number of nitrogens with zero attached hydrogens (tertiary/aromatic N) is 3. The molecule has 35 heavy (non-hydrogen) atoms. The molecule has 1 fully saturated rings. The Balaban J connectivity index is 1.59. The molecule has 2 aromatic heterocycles. The molecule has 4 rings (SSSR count). The lowest BCUT2D eigenvalue weighted by Crippen LogP contribution is -2.40. The summed E-state index contributed by atoms with van der Waals surface area (Å²) >= 11 is 20.8. The van der Waals surface area contributed by atoms with Gasteiger partial charge in [-0.25, -0.2) is 8.42 Å². The van der Waals surface area contributed by atoms with Gasteiger partial charge in [-0.3, -0.25) is 9.59 Å². The molecule has 0 unspecified atom stereocenters. The molecule has 0 N–H and O–H groups in total. The summed E-state index contributed by atoms with van der Waals surface area (Å²) in [5, 5.41) is 0.791. The minimum atomic E-state index is -3.66. The molecular formula is C21H20Cl3N3O5S3. The van der Waals surface area contributed by atoms with Crippen molar-refractivity contribution < 1.29 is 22.7 Å². The number of carbonyl (C=O) groups excluding carboxylic acids is 2. The Bertz CT molecular complexity index is 1450. The third-order valence-corrected chi connectivity index (χ3v) is 10.9. The van der Waals surface area contributed by atoms with Crippen molar-refractivity contribution in [3.8, 4) is 0 Å². The molecule has 1 amide bonds. The van der Waals surface area contributed by atoms with E-state index in [1.54, 1.807) is 25.1 Å². The SMILES string of the molecule is CCOC(=O)Cn1c(=NC(=O)C2CCN(S(=O)(=O)c3ccc(Cl)s3)CC2)sc2c(Cl)ccc(Cl)c21. The molecule has 3 aromatic rings. The number of thiophene rings is 1. The molecule has 1 saturated heterocycles. The number of hydrogen-bond acceptors (Lipinski definition) is 7. The van der Waals surface area contributed by atoms with E-state index in [1.165, 1.54) is 14.9 Å². The number of piperidine rings is 1. The largest absolute Gasteiger partial charge is 0.465 e. The second kappa shape index (κ2) is 10.9. The van der Waals surface area contributed by atoms with E-state index in [9.17, 15) is 18.0 Å². The lowest BCUT2D eigenvalue weighted by molar-refractivity contribution is -0.143. The number of thiazole rings is 1. The number of amides is 1. The maximum atomic E-state index is 13.1. The Morgan fingerprint density at radius 1 is 1.09 bits per heavy atom. The van der Waals surface area contributed by atoms with E-state index < -0.39 is 27.8 Å². The minimum absolute atomic E-state index is 0.177. The Kier molecular flexibility index (Phi) is 8.26. The number of esters is 1. The zero-order valence-electron chi connectivity index (χ0n) is 18.4. The van der Waals surface area contributed by atoms with Crippen LogP contribution in [0.5, 0.6) is 0 Å². The van der Waals surface area contributed by atoms with Crippen LogP contribution in [0.15, 0.2) is 33.5 Å². The Morgan fingerprint density at radius 2 is 1.77 bits per heavy atom. The van der Waals surface area contributed by atoms with E-state index >= 15 is 0 Å². The second-order valence-electron chi connectivity index (χ2n) is 7.67. The Morgan fingerprint density at radius 3 is 2.40 bits per heavy atom. The van der Waals surface area contributed by atoms with Crippen LogP contribution in [0.3, 0.4) is 0 Å². The maximum absolute atomic E-state index is 13.1. The number of sulfonamides is 1. The van der Waals surface area contributed by atoms with Crippen molar-refractivity contribution in [3.63, 3.8) is 0 Å². The van der Waals surface area contributed by atoms with E-state index in [0.717, 1.165) is 22.7 Å². The molecule has 1 aromatic carbocycles. The van der Waals surface area contributed by atoms with Gasteiger partial charge in [-0.1, -0.05) is 46.1 Å². The highest BCUT2D eigenvalue weighted by atomic mass is 35.5. The van der Waals surface area contributed by atoms with Gasteiger partial charge in [0.25, 0.3) is 15.9 Å². The smallest absolute Gasteiger partial charge is 0.326 e. The van der Waals surface area contributed by atoms with Crippen molar-refractivity contribution in [1.29, 1.82) is 0 Å². The first-order chi connectivity index (χ1) is 16.6. The summed E-state index contributed by atoms with van der Waals surface area (Å²) in [4.78, 5) is 29.9. The fraction of sp³-hybridized carbons (Fsp3) is 0.381. The molecule has 0 saturated carbocycles. The number of hydrogen-bond donors (Lipinski definition) is 0. The monoisotopic (exact) mass is 595 g/mol. The normalized spacial score (nSPS) is 16.2. The third kappa shape index (κ3) is 5.61. The van der Waals surface area contributed by atoms with E-state index in [2.05, 4.69) is 4.99 Å². The summed E-state index contributed by atoms with van der Waals surface area (Å²) < 4.78 is 34.8. The summed E-state index contributed by atoms with van der Waals surface area (Å²) in [6.07, 6.45) is 0.649. The molecule has 0 radical (unpaired) electrons. The fourth-order valence-corrected chi connectivity index (χ4v) is 8.53. The number of fused-ring (bicyclic) bond motifs is 1. The van der Waals surface area contributed by atoms with E-state index in [1.807, 2.05) is 0 Å². The summed E-state index contributed by atoms with van der Waals surface area (Å²) in [6, 6.07) is 6.28. The van der Waals surface area contributed by atoms with E-state index in [-0.39, 0.29) is 35.3 Å². The highest BCUT2D eigenvalue weighted by molar-refractivity contribution is 7.91. The molecule has 0 spiro atoms. The third-order valence-electron chi connectivity index (χ3n) is 5.47. The highest BCUT2D eigenvalue weighted by Gasteiger charge is 2.33. The molecule has 8 nitrogen and oxygen atoms in total. The number of rotatable bonds is 6. The van der Waals surface area contributed by atoms with Crippen LogP contribution in [0.25, 0.3) is 10.2 Å². The van der Waals surface area contributed by atoms with Crippen LogP contribution in [0, 0.1) is 5.92 Å². The Hall–Kier alpha value is -1.47. The van der Waals surface area contributed by atoms with Crippen molar-refractivity contribution in [3.05, 3.63) is 43.4 Å². The van der Waals surface area contributed by atoms with Gasteiger partial charge in [-0.15, -0.1) is 11.3 Å². The molecular weight excluding hydrogens is 577 g/mol. The van der Waals surface area contributed by atoms with Gasteiger partial charge in [-0.05, 0) is 44.0 Å². The van der Waals surface area contributed by atoms with Gasteiger partial charge < -0.3 is 9.30 Å². The fourth-order valence-electron chi connectivity index (χ4n) is 3.77. The van der Waals surface area contributed by atoms with Crippen LogP contribution < -0.4 is 4.80 Å². The van der Waals surface area contributed by atoms with Crippen molar-refractivity contribution in [2.45, 2.75) is 30.5 Å². The van der Waals surface area contributed by atoms with Gasteiger partial charge >= 0.3 is 5.97 Å². The Labute approximate surface area is 224 Å². The van der Waals surface area contributed by atoms with Crippen LogP contribution in [0.2, 0.25) is 14.4 Å². The van der Waals surface area contributed by atoms with Crippen molar-refractivity contribution in [2.75, 3.05) is 19.7 Å². The summed E-state index contributed by atoms with van der Waals surface area (Å²) in [6.45, 7) is 2.11. The number of benzene rings is 1. The average molecular weight is 597 g/mol. The average Bonchev–Trinajstić information content (AvgIpc) is 3.42. The summed E-state index contributed by atoms with van der Waals surface area (Å²) in [7, 11) is -3.66. The molecule has 1 aliphatic rings. The minimum Gasteiger partial charge on any atom is -0.465 e. The standard InChI is InChI=1S/C21H20Cl3N3O5S3/c1-2-32-16(28)11-27-18-13(22)3-4-14(23)19(18)34-21(27)25-20(29)12-7-9-26(10-8-12)35(30,31)17-6-5-15(24)33-17/h3-6,12H,2,7-11H2,1H3. The topological polar surface area (TPSA) is 98.0 Å². The van der Waals surface area contributed by atoms with Crippen LogP contribution in [0.4, 0.5) is 0 Å². The van der Waals surface area contributed by atoms with Crippen molar-refractivity contribution >= 4 is 89.6 Å². The predicted molar refractivity (Wildman–Crippen MR) is 138 cm³/mol. The van der Waals surface area contributed by atoms with Gasteiger partial charge in [0.2, 0.25) is 0 Å². The van der Waals surface area contributed by atoms with Gasteiger partial charge in [0.15, 0.2) is 4.80 Å². The van der Waals surface area contributed by atoms with Gasteiger partial charge in [0.1, 0.15) is 10.8 Å². The van der Waals surface area contributed by atoms with Crippen LogP contribution in [-0.2, 0) is 30.9 Å². The van der Waals surface area contributed by atoms with Crippen LogP contribution >= 0.6 is 57.5 Å². The number of ether oxygens (including phenoxy) is 1. The van der Waals surface area contributed by atoms with E-state index in [4.69, 9.17) is 39.5 Å². The van der Waals surface area contributed by atoms with Gasteiger partial charge in [-0.2, -0.15) is 9.30 Å². The van der Waals surface area contributed by atoms with Crippen LogP contribution in [-0.4, -0.2) is 48.9 Å². The number of carbonyl (C=O) groups is 2. The molecule has 1 aliphatic heterocycles. The van der Waals surface area contributed by atoms with Crippen LogP contribution in [0.1, 0.15) is 19.8 Å². The molecule has 3 heterocycles. The number of halogens is 3.